The van der Waals surface area contributed by atoms with Gasteiger partial charge in [0.25, 0.3) is 5.91 Å². The van der Waals surface area contributed by atoms with Crippen molar-refractivity contribution in [2.24, 2.45) is 0 Å². The van der Waals surface area contributed by atoms with E-state index in [0.717, 1.165) is 5.56 Å². The molecular weight excluding hydrogens is 219 g/mol. The van der Waals surface area contributed by atoms with Crippen LogP contribution in [0, 0.1) is 5.82 Å². The van der Waals surface area contributed by atoms with Crippen molar-refractivity contribution in [1.82, 2.24) is 10.3 Å². The quantitative estimate of drug-likeness (QED) is 0.877. The molecule has 0 unspecified atom stereocenters. The zero-order valence-electron chi connectivity index (χ0n) is 9.06. The molecule has 3 nitrogen and oxygen atoms in total. The van der Waals surface area contributed by atoms with Gasteiger partial charge in [0.15, 0.2) is 0 Å². The molecule has 0 aliphatic carbocycles. The van der Waals surface area contributed by atoms with Gasteiger partial charge in [0.05, 0.1) is 5.56 Å². The minimum Gasteiger partial charge on any atom is -0.348 e. The Hall–Kier alpha value is -2.23. The summed E-state index contributed by atoms with van der Waals surface area (Å²) in [6.07, 6.45) is 3.11. The first-order valence-corrected chi connectivity index (χ1v) is 5.18. The number of nitrogens with zero attached hydrogens (tertiary/aromatic N) is 1. The number of rotatable bonds is 3. The van der Waals surface area contributed by atoms with Crippen LogP contribution in [0.1, 0.15) is 15.9 Å². The van der Waals surface area contributed by atoms with E-state index < -0.39 is 0 Å². The fraction of sp³-hybridized carbons (Fsp3) is 0.0769. The fourth-order valence-electron chi connectivity index (χ4n) is 1.38. The van der Waals surface area contributed by atoms with Crippen molar-refractivity contribution >= 4 is 5.91 Å². The van der Waals surface area contributed by atoms with E-state index in [-0.39, 0.29) is 11.7 Å². The van der Waals surface area contributed by atoms with E-state index in [9.17, 15) is 9.18 Å². The number of benzene rings is 1. The van der Waals surface area contributed by atoms with E-state index in [1.165, 1.54) is 18.3 Å². The largest absolute Gasteiger partial charge is 0.348 e. The van der Waals surface area contributed by atoms with Gasteiger partial charge in [-0.05, 0) is 29.8 Å². The molecule has 1 amide bonds. The van der Waals surface area contributed by atoms with Gasteiger partial charge in [-0.2, -0.15) is 0 Å². The van der Waals surface area contributed by atoms with Crippen LogP contribution in [0.15, 0.2) is 48.8 Å². The molecule has 0 aliphatic rings. The molecule has 0 bridgehead atoms. The molecule has 0 saturated carbocycles. The smallest absolute Gasteiger partial charge is 0.253 e. The molecule has 1 aromatic carbocycles. The van der Waals surface area contributed by atoms with Crippen LogP contribution in [0.5, 0.6) is 0 Å². The highest BCUT2D eigenvalue weighted by molar-refractivity contribution is 5.93. The highest BCUT2D eigenvalue weighted by Crippen LogP contribution is 2.03. The van der Waals surface area contributed by atoms with Crippen LogP contribution in [-0.2, 0) is 6.54 Å². The Morgan fingerprint density at radius 3 is 2.65 bits per heavy atom. The summed E-state index contributed by atoms with van der Waals surface area (Å²) in [4.78, 5) is 15.5. The van der Waals surface area contributed by atoms with Gasteiger partial charge in [0.1, 0.15) is 5.82 Å². The zero-order chi connectivity index (χ0) is 12.1. The lowest BCUT2D eigenvalue weighted by Crippen LogP contribution is -2.22. The number of hydrogen-bond acceptors (Lipinski definition) is 2. The van der Waals surface area contributed by atoms with Gasteiger partial charge >= 0.3 is 0 Å². The lowest BCUT2D eigenvalue weighted by molar-refractivity contribution is 0.0950. The van der Waals surface area contributed by atoms with Crippen molar-refractivity contribution in [1.29, 1.82) is 0 Å². The van der Waals surface area contributed by atoms with Crippen LogP contribution >= 0.6 is 0 Å². The average Bonchev–Trinajstić information content (AvgIpc) is 2.39. The Morgan fingerprint density at radius 2 is 2.00 bits per heavy atom. The Balaban J connectivity index is 1.95. The lowest BCUT2D eigenvalue weighted by atomic mass is 10.2. The second kappa shape index (κ2) is 5.21. The van der Waals surface area contributed by atoms with Gasteiger partial charge in [0.2, 0.25) is 0 Å². The first-order valence-electron chi connectivity index (χ1n) is 5.18. The molecule has 2 aromatic rings. The number of carbonyl (C=O) groups excluding carboxylic acids is 1. The molecule has 17 heavy (non-hydrogen) atoms. The molecule has 1 aromatic heterocycles. The third-order valence-electron chi connectivity index (χ3n) is 2.29. The summed E-state index contributed by atoms with van der Waals surface area (Å²) >= 11 is 0. The van der Waals surface area contributed by atoms with E-state index in [2.05, 4.69) is 10.3 Å². The van der Waals surface area contributed by atoms with Crippen LogP contribution in [0.3, 0.4) is 0 Å². The van der Waals surface area contributed by atoms with Gasteiger partial charge in [-0.15, -0.1) is 0 Å². The number of hydrogen-bond donors (Lipinski definition) is 1. The van der Waals surface area contributed by atoms with Crippen LogP contribution < -0.4 is 5.32 Å². The van der Waals surface area contributed by atoms with Crippen molar-refractivity contribution < 1.29 is 9.18 Å². The molecule has 2 rings (SSSR count). The molecule has 0 atom stereocenters. The molecule has 0 radical (unpaired) electrons. The molecule has 0 fully saturated rings. The van der Waals surface area contributed by atoms with Gasteiger partial charge < -0.3 is 5.32 Å². The van der Waals surface area contributed by atoms with Crippen molar-refractivity contribution in [3.8, 4) is 0 Å². The fourth-order valence-corrected chi connectivity index (χ4v) is 1.38. The second-order valence-electron chi connectivity index (χ2n) is 3.55. The van der Waals surface area contributed by atoms with E-state index in [1.807, 2.05) is 0 Å². The Kier molecular flexibility index (Phi) is 3.45. The maximum Gasteiger partial charge on any atom is 0.253 e. The minimum absolute atomic E-state index is 0.192. The Morgan fingerprint density at radius 1 is 1.24 bits per heavy atom. The molecule has 4 heteroatoms. The van der Waals surface area contributed by atoms with Gasteiger partial charge in [-0.1, -0.05) is 12.1 Å². The number of pyridine rings is 1. The molecule has 0 aliphatic heterocycles. The van der Waals surface area contributed by atoms with Crippen molar-refractivity contribution in [2.45, 2.75) is 6.54 Å². The van der Waals surface area contributed by atoms with Crippen molar-refractivity contribution in [3.05, 3.63) is 65.7 Å². The van der Waals surface area contributed by atoms with E-state index >= 15 is 0 Å². The number of aromatic nitrogens is 1. The summed E-state index contributed by atoms with van der Waals surface area (Å²) in [5, 5.41) is 2.73. The van der Waals surface area contributed by atoms with Crippen molar-refractivity contribution in [2.75, 3.05) is 0 Å². The standard InChI is InChI=1S/C13H11FN2O/c14-12-5-3-10(4-6-12)8-16-13(17)11-2-1-7-15-9-11/h1-7,9H,8H2,(H,16,17). The van der Waals surface area contributed by atoms with Crippen molar-refractivity contribution in [3.63, 3.8) is 0 Å². The number of nitrogens with one attached hydrogen (secondary N) is 1. The number of halogens is 1. The lowest BCUT2D eigenvalue weighted by Gasteiger charge is -2.04. The Bertz CT molecular complexity index is 497. The topological polar surface area (TPSA) is 42.0 Å². The third kappa shape index (κ3) is 3.11. The predicted octanol–water partition coefficient (Wildman–Crippen LogP) is 2.15. The monoisotopic (exact) mass is 230 g/mol. The summed E-state index contributed by atoms with van der Waals surface area (Å²) in [5.41, 5.74) is 1.36. The second-order valence-corrected chi connectivity index (χ2v) is 3.55. The predicted molar refractivity (Wildman–Crippen MR) is 61.8 cm³/mol. The van der Waals surface area contributed by atoms with E-state index in [4.69, 9.17) is 0 Å². The third-order valence-corrected chi connectivity index (χ3v) is 2.29. The summed E-state index contributed by atoms with van der Waals surface area (Å²) in [6, 6.07) is 9.40. The summed E-state index contributed by atoms with van der Waals surface area (Å²) in [6.45, 7) is 0.369. The summed E-state index contributed by atoms with van der Waals surface area (Å²) < 4.78 is 12.7. The maximum atomic E-state index is 12.7. The maximum absolute atomic E-state index is 12.7. The van der Waals surface area contributed by atoms with Crippen LogP contribution in [-0.4, -0.2) is 10.9 Å². The van der Waals surface area contributed by atoms with Crippen LogP contribution in [0.2, 0.25) is 0 Å². The average molecular weight is 230 g/mol. The zero-order valence-corrected chi connectivity index (χ0v) is 9.06. The Labute approximate surface area is 98.3 Å². The van der Waals surface area contributed by atoms with Gasteiger partial charge in [-0.3, -0.25) is 9.78 Å². The molecular formula is C13H11FN2O. The van der Waals surface area contributed by atoms with Gasteiger partial charge in [0, 0.05) is 18.9 Å². The highest BCUT2D eigenvalue weighted by Gasteiger charge is 2.04. The van der Waals surface area contributed by atoms with Gasteiger partial charge in [-0.25, -0.2) is 4.39 Å². The first kappa shape index (κ1) is 11.3. The van der Waals surface area contributed by atoms with Crippen LogP contribution in [0.25, 0.3) is 0 Å². The van der Waals surface area contributed by atoms with E-state index in [0.29, 0.717) is 12.1 Å². The SMILES string of the molecule is O=C(NCc1ccc(F)cc1)c1cccnc1. The van der Waals surface area contributed by atoms with Crippen LogP contribution in [0.4, 0.5) is 4.39 Å². The first-order chi connectivity index (χ1) is 8.25. The summed E-state index contributed by atoms with van der Waals surface area (Å²) in [7, 11) is 0. The molecule has 86 valence electrons. The molecule has 1 heterocycles. The number of amides is 1. The van der Waals surface area contributed by atoms with E-state index in [1.54, 1.807) is 30.5 Å². The summed E-state index contributed by atoms with van der Waals surface area (Å²) in [5.74, 6) is -0.477. The minimum atomic E-state index is -0.285. The molecule has 0 saturated heterocycles. The normalized spacial score (nSPS) is 9.94. The number of carbonyl (C=O) groups is 1. The molecule has 0 spiro atoms. The molecule has 1 N–H and O–H groups in total. The highest BCUT2D eigenvalue weighted by atomic mass is 19.1.